The average Bonchev–Trinajstić information content (AvgIpc) is 2.88. The lowest BCUT2D eigenvalue weighted by Gasteiger charge is -2.31. The molecular formula is C26H33N5O5. The molecule has 4 rings (SSSR count). The lowest BCUT2D eigenvalue weighted by atomic mass is 9.90. The summed E-state index contributed by atoms with van der Waals surface area (Å²) < 4.78 is 16.1. The van der Waals surface area contributed by atoms with Crippen molar-refractivity contribution in [1.82, 2.24) is 20.3 Å². The van der Waals surface area contributed by atoms with Crippen LogP contribution < -0.4 is 30.4 Å². The maximum absolute atomic E-state index is 13.0. The highest BCUT2D eigenvalue weighted by Crippen LogP contribution is 2.32. The van der Waals surface area contributed by atoms with Gasteiger partial charge in [0.1, 0.15) is 28.3 Å². The maximum Gasteiger partial charge on any atom is 0.262 e. The first-order valence-electron chi connectivity index (χ1n) is 12.1. The van der Waals surface area contributed by atoms with Gasteiger partial charge in [-0.2, -0.15) is 0 Å². The van der Waals surface area contributed by atoms with Gasteiger partial charge < -0.3 is 29.8 Å². The van der Waals surface area contributed by atoms with Gasteiger partial charge in [-0.15, -0.1) is 0 Å². The summed E-state index contributed by atoms with van der Waals surface area (Å²) >= 11 is 0. The Kier molecular flexibility index (Phi) is 7.61. The maximum atomic E-state index is 13.0. The number of H-pyrrole nitrogens is 1. The molecule has 36 heavy (non-hydrogen) atoms. The van der Waals surface area contributed by atoms with Crippen molar-refractivity contribution < 1.29 is 19.0 Å². The van der Waals surface area contributed by atoms with Crippen LogP contribution in [0.5, 0.6) is 17.2 Å². The van der Waals surface area contributed by atoms with Crippen LogP contribution in [0, 0.1) is 5.92 Å². The van der Waals surface area contributed by atoms with Gasteiger partial charge in [-0.3, -0.25) is 9.59 Å². The molecule has 2 heterocycles. The van der Waals surface area contributed by atoms with Crippen molar-refractivity contribution in [1.29, 1.82) is 0 Å². The van der Waals surface area contributed by atoms with Crippen LogP contribution in [0.2, 0.25) is 0 Å². The second-order valence-corrected chi connectivity index (χ2v) is 9.27. The number of ether oxygens (including phenoxy) is 3. The van der Waals surface area contributed by atoms with Crippen LogP contribution in [0.15, 0.2) is 29.2 Å². The molecule has 0 bridgehead atoms. The molecular weight excluding hydrogens is 462 g/mol. The van der Waals surface area contributed by atoms with Crippen LogP contribution in [0.3, 0.4) is 0 Å². The highest BCUT2D eigenvalue weighted by Gasteiger charge is 2.25. The smallest absolute Gasteiger partial charge is 0.262 e. The molecule has 1 fully saturated rings. The van der Waals surface area contributed by atoms with Gasteiger partial charge in [0.2, 0.25) is 5.91 Å². The number of amides is 1. The second-order valence-electron chi connectivity index (χ2n) is 9.27. The van der Waals surface area contributed by atoms with Gasteiger partial charge in [-0.05, 0) is 25.7 Å². The van der Waals surface area contributed by atoms with E-state index in [0.717, 1.165) is 25.7 Å². The zero-order chi connectivity index (χ0) is 25.8. The first-order chi connectivity index (χ1) is 17.3. The number of pyridine rings is 1. The summed E-state index contributed by atoms with van der Waals surface area (Å²) in [6, 6.07) is 5.56. The molecule has 3 N–H and O–H groups in total. The molecule has 0 unspecified atom stereocenters. The van der Waals surface area contributed by atoms with Gasteiger partial charge in [-0.1, -0.05) is 13.8 Å². The van der Waals surface area contributed by atoms with E-state index in [1.165, 1.54) is 7.11 Å². The van der Waals surface area contributed by atoms with Crippen molar-refractivity contribution in [3.63, 3.8) is 0 Å². The fraction of sp³-hybridized carbons (Fsp3) is 0.462. The summed E-state index contributed by atoms with van der Waals surface area (Å²) in [7, 11) is 4.63. The van der Waals surface area contributed by atoms with E-state index in [9.17, 15) is 9.59 Å². The van der Waals surface area contributed by atoms with Gasteiger partial charge in [0.05, 0.1) is 38.7 Å². The summed E-state index contributed by atoms with van der Waals surface area (Å²) in [4.78, 5) is 37.2. The summed E-state index contributed by atoms with van der Waals surface area (Å²) in [5, 5.41) is 7.04. The molecule has 1 aliphatic rings. The van der Waals surface area contributed by atoms with Crippen molar-refractivity contribution >= 4 is 22.5 Å². The van der Waals surface area contributed by atoms with E-state index in [4.69, 9.17) is 14.2 Å². The number of rotatable bonds is 8. The fourth-order valence-corrected chi connectivity index (χ4v) is 4.43. The number of hydrogen-bond acceptors (Lipinski definition) is 8. The zero-order valence-corrected chi connectivity index (χ0v) is 21.3. The van der Waals surface area contributed by atoms with Crippen LogP contribution in [0.4, 0.5) is 5.69 Å². The molecule has 0 radical (unpaired) electrons. The highest BCUT2D eigenvalue weighted by atomic mass is 16.5. The molecule has 10 heteroatoms. The lowest BCUT2D eigenvalue weighted by molar-refractivity contribution is -0.124. The Hall–Kier alpha value is -3.82. The monoisotopic (exact) mass is 495 g/mol. The SMILES string of the molecule is COc1cnc(-c2nc3cc(OC)cc(OC)c3c(=O)[nH]2)c(N[C@H]2CC[C@@H](NC(=O)C(C)C)CC2)c1. The molecule has 0 spiro atoms. The number of nitrogens with one attached hydrogen (secondary N) is 3. The number of aromatic nitrogens is 3. The van der Waals surface area contributed by atoms with E-state index in [1.807, 2.05) is 19.9 Å². The van der Waals surface area contributed by atoms with Crippen molar-refractivity contribution in [2.45, 2.75) is 51.6 Å². The standard InChI is InChI=1S/C26H33N5O5/c1-14(2)25(32)29-16-8-6-15(7-9-16)28-20-11-18(35-4)13-27-23(20)24-30-19-10-17(34-3)12-21(36-5)22(19)26(33)31-24/h10-16,28H,6-9H2,1-5H3,(H,29,32)(H,30,31,33)/t15-,16+. The Morgan fingerprint density at radius 2 is 1.69 bits per heavy atom. The molecule has 2 aromatic heterocycles. The Bertz CT molecular complexity index is 1300. The minimum Gasteiger partial charge on any atom is -0.497 e. The molecule has 1 aliphatic carbocycles. The van der Waals surface area contributed by atoms with Gasteiger partial charge in [0, 0.05) is 36.2 Å². The van der Waals surface area contributed by atoms with Crippen molar-refractivity contribution in [2.24, 2.45) is 5.92 Å². The topological polar surface area (TPSA) is 127 Å². The van der Waals surface area contributed by atoms with Crippen LogP contribution in [0.1, 0.15) is 39.5 Å². The first kappa shape index (κ1) is 25.3. The second kappa shape index (κ2) is 10.8. The number of nitrogens with zero attached hydrogens (tertiary/aromatic N) is 2. The first-order valence-corrected chi connectivity index (χ1v) is 12.1. The van der Waals surface area contributed by atoms with Crippen molar-refractivity contribution in [2.75, 3.05) is 26.6 Å². The van der Waals surface area contributed by atoms with Crippen molar-refractivity contribution in [3.05, 3.63) is 34.7 Å². The van der Waals surface area contributed by atoms with E-state index in [0.29, 0.717) is 45.4 Å². The molecule has 0 saturated heterocycles. The largest absolute Gasteiger partial charge is 0.497 e. The zero-order valence-electron chi connectivity index (χ0n) is 21.3. The molecule has 1 amide bonds. The third kappa shape index (κ3) is 5.37. The Balaban J connectivity index is 1.63. The predicted octanol–water partition coefficient (Wildman–Crippen LogP) is 3.51. The summed E-state index contributed by atoms with van der Waals surface area (Å²) in [6.07, 6.45) is 5.13. The predicted molar refractivity (Wildman–Crippen MR) is 138 cm³/mol. The van der Waals surface area contributed by atoms with E-state index in [2.05, 4.69) is 25.6 Å². The van der Waals surface area contributed by atoms with Crippen LogP contribution in [0.25, 0.3) is 22.4 Å². The quantitative estimate of drug-likeness (QED) is 0.433. The molecule has 3 aromatic rings. The number of fused-ring (bicyclic) bond motifs is 1. The van der Waals surface area contributed by atoms with Crippen molar-refractivity contribution in [3.8, 4) is 28.8 Å². The highest BCUT2D eigenvalue weighted by molar-refractivity contribution is 5.87. The summed E-state index contributed by atoms with van der Waals surface area (Å²) in [5.41, 5.74) is 1.32. The van der Waals surface area contributed by atoms with Gasteiger partial charge in [0.15, 0.2) is 5.82 Å². The molecule has 10 nitrogen and oxygen atoms in total. The number of methoxy groups -OCH3 is 3. The molecule has 0 atom stereocenters. The number of aromatic amines is 1. The van der Waals surface area contributed by atoms with E-state index in [1.54, 1.807) is 32.5 Å². The third-order valence-electron chi connectivity index (χ3n) is 6.48. The molecule has 1 saturated carbocycles. The summed E-state index contributed by atoms with van der Waals surface area (Å²) in [6.45, 7) is 3.80. The number of carbonyl (C=O) groups is 1. The molecule has 192 valence electrons. The van der Waals surface area contributed by atoms with Crippen LogP contribution >= 0.6 is 0 Å². The van der Waals surface area contributed by atoms with Crippen LogP contribution in [-0.2, 0) is 4.79 Å². The number of benzene rings is 1. The van der Waals surface area contributed by atoms with Crippen LogP contribution in [-0.4, -0.2) is 54.3 Å². The average molecular weight is 496 g/mol. The number of carbonyl (C=O) groups excluding carboxylic acids is 1. The van der Waals surface area contributed by atoms with Gasteiger partial charge >= 0.3 is 0 Å². The van der Waals surface area contributed by atoms with Gasteiger partial charge in [0.25, 0.3) is 5.56 Å². The molecule has 1 aromatic carbocycles. The third-order valence-corrected chi connectivity index (χ3v) is 6.48. The number of hydrogen-bond donors (Lipinski definition) is 3. The fourth-order valence-electron chi connectivity index (χ4n) is 4.43. The van der Waals surface area contributed by atoms with E-state index >= 15 is 0 Å². The van der Waals surface area contributed by atoms with E-state index < -0.39 is 0 Å². The van der Waals surface area contributed by atoms with E-state index in [-0.39, 0.29) is 29.5 Å². The normalized spacial score (nSPS) is 17.6. The Morgan fingerprint density at radius 1 is 1.00 bits per heavy atom. The molecule has 0 aliphatic heterocycles. The Morgan fingerprint density at radius 3 is 2.33 bits per heavy atom. The Labute approximate surface area is 209 Å². The number of anilines is 1. The summed E-state index contributed by atoms with van der Waals surface area (Å²) in [5.74, 6) is 1.89. The lowest BCUT2D eigenvalue weighted by Crippen LogP contribution is -2.41. The minimum absolute atomic E-state index is 0.0252. The minimum atomic E-state index is -0.334. The van der Waals surface area contributed by atoms with Gasteiger partial charge in [-0.25, -0.2) is 9.97 Å².